The summed E-state index contributed by atoms with van der Waals surface area (Å²) in [5.41, 5.74) is 4.99. The summed E-state index contributed by atoms with van der Waals surface area (Å²) in [5, 5.41) is 0. The fraction of sp³-hybridized carbons (Fsp3) is 1.00. The zero-order valence-corrected chi connectivity index (χ0v) is 11.6. The number of ether oxygens (including phenoxy) is 2. The Hall–Kier alpha value is -0.0100. The summed E-state index contributed by atoms with van der Waals surface area (Å²) < 4.78 is 32.2. The van der Waals surface area contributed by atoms with Crippen molar-refractivity contribution >= 4 is 7.82 Å². The lowest BCUT2D eigenvalue weighted by Crippen LogP contribution is -2.42. The van der Waals surface area contributed by atoms with Crippen molar-refractivity contribution < 1.29 is 28.0 Å². The first-order valence-electron chi connectivity index (χ1n) is 5.85. The van der Waals surface area contributed by atoms with Gasteiger partial charge in [-0.05, 0) is 13.3 Å². The maximum absolute atomic E-state index is 11.5. The summed E-state index contributed by atoms with van der Waals surface area (Å²) in [5.74, 6) is 0. The first-order chi connectivity index (χ1) is 8.33. The summed E-state index contributed by atoms with van der Waals surface area (Å²) in [7, 11) is -1.73. The second-order valence-corrected chi connectivity index (χ2v) is 6.37. The molecule has 6 atom stereocenters. The Kier molecular flexibility index (Phi) is 3.86. The van der Waals surface area contributed by atoms with Gasteiger partial charge in [0.15, 0.2) is 0 Å². The van der Waals surface area contributed by atoms with Crippen molar-refractivity contribution in [2.75, 3.05) is 14.2 Å². The minimum Gasteiger partial charge on any atom is -0.756 e. The highest BCUT2D eigenvalue weighted by Gasteiger charge is 2.60. The number of methoxy groups -OCH3 is 1. The van der Waals surface area contributed by atoms with E-state index in [1.165, 1.54) is 7.11 Å². The standard InChI is InChI=1S/C10H20NO6P/c1-6-4-10(17-18(12,13)15-3)5-7(11)8(14-2)9(10)16-6/h6-9H,4-5,11H2,1-3H3,(H,12,13)/p-1/t6-,7+,8+,9?,10?/m0/s1. The fourth-order valence-corrected chi connectivity index (χ4v) is 3.80. The van der Waals surface area contributed by atoms with Gasteiger partial charge in [-0.1, -0.05) is 0 Å². The molecule has 18 heavy (non-hydrogen) atoms. The molecule has 1 heterocycles. The molecule has 106 valence electrons. The van der Waals surface area contributed by atoms with Crippen LogP contribution in [-0.2, 0) is 23.1 Å². The van der Waals surface area contributed by atoms with Gasteiger partial charge in [-0.15, -0.1) is 0 Å². The lowest BCUT2D eigenvalue weighted by molar-refractivity contribution is -0.236. The molecule has 2 rings (SSSR count). The summed E-state index contributed by atoms with van der Waals surface area (Å²) in [6, 6.07) is -0.315. The van der Waals surface area contributed by atoms with E-state index in [2.05, 4.69) is 4.52 Å². The van der Waals surface area contributed by atoms with E-state index in [-0.39, 0.29) is 18.2 Å². The molecule has 0 amide bonds. The van der Waals surface area contributed by atoms with Crippen LogP contribution in [0, 0.1) is 0 Å². The normalized spacial score (nSPS) is 46.9. The van der Waals surface area contributed by atoms with Crippen molar-refractivity contribution in [1.29, 1.82) is 0 Å². The Bertz CT molecular complexity index is 366. The van der Waals surface area contributed by atoms with Crippen LogP contribution >= 0.6 is 7.82 Å². The van der Waals surface area contributed by atoms with Crippen LogP contribution < -0.4 is 10.6 Å². The monoisotopic (exact) mass is 280 g/mol. The first-order valence-corrected chi connectivity index (χ1v) is 7.31. The Morgan fingerprint density at radius 3 is 2.67 bits per heavy atom. The highest BCUT2D eigenvalue weighted by molar-refractivity contribution is 7.45. The highest BCUT2D eigenvalue weighted by Crippen LogP contribution is 2.54. The lowest BCUT2D eigenvalue weighted by atomic mass is 9.96. The van der Waals surface area contributed by atoms with Gasteiger partial charge in [0.05, 0.1) is 6.10 Å². The van der Waals surface area contributed by atoms with Gasteiger partial charge in [0.1, 0.15) is 17.8 Å². The van der Waals surface area contributed by atoms with E-state index in [1.807, 2.05) is 6.92 Å². The number of rotatable bonds is 4. The van der Waals surface area contributed by atoms with Crippen LogP contribution in [0.1, 0.15) is 19.8 Å². The molecule has 0 aromatic rings. The Morgan fingerprint density at radius 1 is 1.44 bits per heavy atom. The van der Waals surface area contributed by atoms with Crippen molar-refractivity contribution in [2.24, 2.45) is 5.73 Å². The summed E-state index contributed by atoms with van der Waals surface area (Å²) in [4.78, 5) is 11.5. The molecule has 0 aromatic carbocycles. The van der Waals surface area contributed by atoms with Gasteiger partial charge >= 0.3 is 0 Å². The minimum absolute atomic E-state index is 0.1000. The number of phosphoric ester groups is 1. The lowest BCUT2D eigenvalue weighted by Gasteiger charge is -2.34. The van der Waals surface area contributed by atoms with Crippen LogP contribution in [0.3, 0.4) is 0 Å². The average Bonchev–Trinajstić information content (AvgIpc) is 2.66. The topological polar surface area (TPSA) is 103 Å². The third-order valence-corrected chi connectivity index (χ3v) is 4.66. The number of phosphoric acid groups is 1. The molecule has 1 aliphatic heterocycles. The van der Waals surface area contributed by atoms with E-state index in [0.29, 0.717) is 12.8 Å². The van der Waals surface area contributed by atoms with Crippen molar-refractivity contribution in [2.45, 2.75) is 49.7 Å². The van der Waals surface area contributed by atoms with Gasteiger partial charge in [-0.3, -0.25) is 4.57 Å². The van der Waals surface area contributed by atoms with Crippen LogP contribution in [0.25, 0.3) is 0 Å². The summed E-state index contributed by atoms with van der Waals surface area (Å²) >= 11 is 0. The van der Waals surface area contributed by atoms with Crippen LogP contribution in [0.5, 0.6) is 0 Å². The van der Waals surface area contributed by atoms with Gasteiger partial charge in [-0.25, -0.2) is 0 Å². The predicted octanol–water partition coefficient (Wildman–Crippen LogP) is -0.220. The van der Waals surface area contributed by atoms with E-state index >= 15 is 0 Å². The van der Waals surface area contributed by atoms with E-state index < -0.39 is 19.5 Å². The molecule has 2 N–H and O–H groups in total. The molecular formula is C10H19NO6P-. The molecule has 8 heteroatoms. The number of hydrogen-bond acceptors (Lipinski definition) is 7. The SMILES string of the molecule is CO[C@H]1C2O[C@@H](C)CC2(OP(=O)([O-])OC)C[C@H]1N. The third-order valence-electron chi connectivity index (χ3n) is 3.62. The van der Waals surface area contributed by atoms with Crippen LogP contribution in [0.2, 0.25) is 0 Å². The zero-order valence-electron chi connectivity index (χ0n) is 10.7. The molecule has 1 saturated heterocycles. The molecule has 1 saturated carbocycles. The van der Waals surface area contributed by atoms with Crippen LogP contribution in [0.15, 0.2) is 0 Å². The molecule has 3 unspecified atom stereocenters. The maximum Gasteiger partial charge on any atom is 0.268 e. The average molecular weight is 280 g/mol. The quantitative estimate of drug-likeness (QED) is 0.710. The fourth-order valence-electron chi connectivity index (χ4n) is 3.03. The number of nitrogens with two attached hydrogens (primary N) is 1. The van der Waals surface area contributed by atoms with Crippen molar-refractivity contribution in [3.8, 4) is 0 Å². The van der Waals surface area contributed by atoms with E-state index in [0.717, 1.165) is 7.11 Å². The Morgan fingerprint density at radius 2 is 2.11 bits per heavy atom. The molecule has 0 bridgehead atoms. The molecule has 0 aromatic heterocycles. The molecule has 1 aliphatic carbocycles. The Balaban J connectivity index is 2.26. The predicted molar refractivity (Wildman–Crippen MR) is 60.8 cm³/mol. The van der Waals surface area contributed by atoms with Crippen LogP contribution in [-0.4, -0.2) is 44.2 Å². The first kappa shape index (κ1) is 14.4. The van der Waals surface area contributed by atoms with Gasteiger partial charge in [-0.2, -0.15) is 0 Å². The highest BCUT2D eigenvalue weighted by atomic mass is 31.2. The van der Waals surface area contributed by atoms with Crippen molar-refractivity contribution in [3.05, 3.63) is 0 Å². The van der Waals surface area contributed by atoms with Gasteiger partial charge in [0.2, 0.25) is 0 Å². The van der Waals surface area contributed by atoms with Crippen molar-refractivity contribution in [1.82, 2.24) is 0 Å². The number of hydrogen-bond donors (Lipinski definition) is 1. The summed E-state index contributed by atoms with van der Waals surface area (Å²) in [6.45, 7) is 1.87. The van der Waals surface area contributed by atoms with Gasteiger partial charge < -0.3 is 29.1 Å². The van der Waals surface area contributed by atoms with Gasteiger partial charge in [0, 0.05) is 26.7 Å². The molecule has 2 fully saturated rings. The summed E-state index contributed by atoms with van der Waals surface area (Å²) in [6.07, 6.45) is -0.120. The third kappa shape index (κ3) is 2.36. The Labute approximate surface area is 106 Å². The molecule has 7 nitrogen and oxygen atoms in total. The van der Waals surface area contributed by atoms with Crippen molar-refractivity contribution in [3.63, 3.8) is 0 Å². The maximum atomic E-state index is 11.5. The smallest absolute Gasteiger partial charge is 0.268 e. The molecular weight excluding hydrogens is 261 g/mol. The molecule has 0 radical (unpaired) electrons. The van der Waals surface area contributed by atoms with Crippen LogP contribution in [0.4, 0.5) is 0 Å². The number of fused-ring (bicyclic) bond motifs is 1. The second kappa shape index (κ2) is 4.83. The van der Waals surface area contributed by atoms with E-state index in [4.69, 9.17) is 19.7 Å². The molecule has 2 aliphatic rings. The van der Waals surface area contributed by atoms with E-state index in [1.54, 1.807) is 0 Å². The van der Waals surface area contributed by atoms with E-state index in [9.17, 15) is 9.46 Å². The second-order valence-electron chi connectivity index (χ2n) is 4.93. The largest absolute Gasteiger partial charge is 0.756 e. The molecule has 0 spiro atoms. The minimum atomic E-state index is -4.33. The zero-order chi connectivity index (χ0) is 13.6. The van der Waals surface area contributed by atoms with Gasteiger partial charge in [0.25, 0.3) is 7.82 Å².